The van der Waals surface area contributed by atoms with Crippen LogP contribution in [0, 0.1) is 13.8 Å². The van der Waals surface area contributed by atoms with Crippen molar-refractivity contribution in [3.05, 3.63) is 53.2 Å². The first-order valence-corrected chi connectivity index (χ1v) is 6.12. The highest BCUT2D eigenvalue weighted by Gasteiger charge is 2.17. The van der Waals surface area contributed by atoms with Crippen molar-refractivity contribution in [1.29, 1.82) is 0 Å². The van der Waals surface area contributed by atoms with Gasteiger partial charge < -0.3 is 0 Å². The van der Waals surface area contributed by atoms with E-state index < -0.39 is 26.0 Å². The molecule has 0 fully saturated rings. The molecule has 0 saturated heterocycles. The van der Waals surface area contributed by atoms with Crippen molar-refractivity contribution >= 4 is 0 Å². The fraction of sp³-hybridized carbons (Fsp3) is 0.389. The SMILES string of the molecule is [2H]C([2H])([2H])c1ccc(-c2ccc(C(C)(C([2H])([2H])[2H])C([2H])([2H])[2H])cc2C)[n+](C)c1. The minimum absolute atomic E-state index is 0.213. The molecule has 19 heavy (non-hydrogen) atoms. The summed E-state index contributed by atoms with van der Waals surface area (Å²) in [5, 5.41) is 0. The van der Waals surface area contributed by atoms with Gasteiger partial charge in [0.1, 0.15) is 7.05 Å². The topological polar surface area (TPSA) is 3.88 Å². The standard InChI is InChI=1S/C18H24N/c1-13-7-10-17(19(6)12-13)16-9-8-15(11-14(16)2)18(3,4)5/h7-12H,1-6H3/q+1/i1D3,3D3,4D3. The van der Waals surface area contributed by atoms with Gasteiger partial charge in [-0.2, -0.15) is 0 Å². The van der Waals surface area contributed by atoms with Gasteiger partial charge in [-0.25, -0.2) is 4.57 Å². The van der Waals surface area contributed by atoms with E-state index in [1.165, 1.54) is 25.3 Å². The van der Waals surface area contributed by atoms with Gasteiger partial charge in [-0.15, -0.1) is 0 Å². The van der Waals surface area contributed by atoms with E-state index in [2.05, 4.69) is 0 Å². The monoisotopic (exact) mass is 263 g/mol. The van der Waals surface area contributed by atoms with Crippen molar-refractivity contribution in [2.45, 2.75) is 39.8 Å². The second-order valence-electron chi connectivity index (χ2n) is 5.07. The molecule has 1 aromatic heterocycles. The molecule has 0 amide bonds. The van der Waals surface area contributed by atoms with Crippen LogP contribution in [0.2, 0.25) is 0 Å². The summed E-state index contributed by atoms with van der Waals surface area (Å²) in [6.07, 6.45) is 1.53. The Morgan fingerprint density at radius 1 is 1.16 bits per heavy atom. The minimum Gasteiger partial charge on any atom is -0.201 e. The predicted molar refractivity (Wildman–Crippen MR) is 81.2 cm³/mol. The third kappa shape index (κ3) is 2.86. The molecule has 0 N–H and O–H groups in total. The molecule has 1 nitrogen and oxygen atoms in total. The zero-order valence-electron chi connectivity index (χ0n) is 20.4. The molecule has 1 heterocycles. The highest BCUT2D eigenvalue weighted by atomic mass is 14.9. The molecular weight excluding hydrogens is 230 g/mol. The Labute approximate surface area is 129 Å². The van der Waals surface area contributed by atoms with Crippen molar-refractivity contribution in [3.8, 4) is 11.3 Å². The van der Waals surface area contributed by atoms with Crippen molar-refractivity contribution in [1.82, 2.24) is 0 Å². The van der Waals surface area contributed by atoms with Gasteiger partial charge in [0.2, 0.25) is 5.69 Å². The number of pyridine rings is 1. The van der Waals surface area contributed by atoms with E-state index >= 15 is 0 Å². The summed E-state index contributed by atoms with van der Waals surface area (Å²) < 4.78 is 71.0. The third-order valence-electron chi connectivity index (χ3n) is 3.21. The zero-order chi connectivity index (χ0) is 21.7. The van der Waals surface area contributed by atoms with Gasteiger partial charge in [-0.05, 0) is 42.5 Å². The number of rotatable bonds is 1. The lowest BCUT2D eigenvalue weighted by atomic mass is 9.85. The largest absolute Gasteiger partial charge is 0.212 e. The maximum Gasteiger partial charge on any atom is 0.212 e. The van der Waals surface area contributed by atoms with Gasteiger partial charge >= 0.3 is 0 Å². The molecular formula is C18H24N+. The van der Waals surface area contributed by atoms with Crippen LogP contribution in [0.25, 0.3) is 11.3 Å². The molecule has 0 bridgehead atoms. The fourth-order valence-electron chi connectivity index (χ4n) is 2.15. The van der Waals surface area contributed by atoms with Gasteiger partial charge in [0.05, 0.1) is 0 Å². The lowest BCUT2D eigenvalue weighted by molar-refractivity contribution is -0.660. The Kier molecular flexibility index (Phi) is 1.57. The first kappa shape index (κ1) is 6.21. The Bertz CT molecular complexity index is 862. The highest BCUT2D eigenvalue weighted by molar-refractivity contribution is 5.62. The van der Waals surface area contributed by atoms with E-state index in [4.69, 9.17) is 12.3 Å². The van der Waals surface area contributed by atoms with Crippen LogP contribution >= 0.6 is 0 Å². The summed E-state index contributed by atoms with van der Waals surface area (Å²) >= 11 is 0. The molecule has 0 aliphatic rings. The molecule has 0 radical (unpaired) electrons. The molecule has 0 spiro atoms. The van der Waals surface area contributed by atoms with Gasteiger partial charge in [-0.3, -0.25) is 0 Å². The molecule has 2 aromatic rings. The Hall–Kier alpha value is -1.63. The average molecular weight is 263 g/mol. The molecule has 1 heteroatoms. The Balaban J connectivity index is 2.60. The van der Waals surface area contributed by atoms with Gasteiger partial charge in [0.25, 0.3) is 0 Å². The van der Waals surface area contributed by atoms with Crippen LogP contribution < -0.4 is 4.57 Å². The van der Waals surface area contributed by atoms with E-state index in [0.717, 1.165) is 11.3 Å². The quantitative estimate of drug-likeness (QED) is 0.682. The van der Waals surface area contributed by atoms with Crippen LogP contribution in [-0.2, 0) is 12.5 Å². The Morgan fingerprint density at radius 3 is 2.53 bits per heavy atom. The smallest absolute Gasteiger partial charge is 0.201 e. The summed E-state index contributed by atoms with van der Waals surface area (Å²) in [6, 6.07) is 8.02. The zero-order valence-corrected chi connectivity index (χ0v) is 11.4. The summed E-state index contributed by atoms with van der Waals surface area (Å²) in [4.78, 5) is 0. The minimum atomic E-state index is -2.71. The lowest BCUT2D eigenvalue weighted by Gasteiger charge is -2.20. The number of aryl methyl sites for hydroxylation is 3. The van der Waals surface area contributed by atoms with Crippen LogP contribution in [0.4, 0.5) is 0 Å². The van der Waals surface area contributed by atoms with Gasteiger partial charge in [-0.1, -0.05) is 32.8 Å². The molecule has 2 rings (SSSR count). The number of benzene rings is 1. The normalized spacial score (nSPS) is 20.7. The summed E-state index contributed by atoms with van der Waals surface area (Å²) in [5.74, 6) is 0. The average Bonchev–Trinajstić information content (AvgIpc) is 2.51. The second kappa shape index (κ2) is 4.80. The van der Waals surface area contributed by atoms with E-state index in [-0.39, 0.29) is 11.1 Å². The van der Waals surface area contributed by atoms with Crippen LogP contribution in [0.15, 0.2) is 36.5 Å². The second-order valence-corrected chi connectivity index (χ2v) is 5.07. The summed E-state index contributed by atoms with van der Waals surface area (Å²) in [6.45, 7) is -4.62. The maximum absolute atomic E-state index is 7.80. The van der Waals surface area contributed by atoms with Gasteiger partial charge in [0, 0.05) is 29.5 Å². The number of nitrogens with zero attached hydrogens (tertiary/aromatic N) is 1. The van der Waals surface area contributed by atoms with Crippen LogP contribution in [0.5, 0.6) is 0 Å². The van der Waals surface area contributed by atoms with Crippen LogP contribution in [0.3, 0.4) is 0 Å². The van der Waals surface area contributed by atoms with Crippen molar-refractivity contribution in [2.75, 3.05) is 0 Å². The predicted octanol–water partition coefficient (Wildman–Crippen LogP) is 4.09. The molecule has 0 saturated carbocycles. The highest BCUT2D eigenvalue weighted by Crippen LogP contribution is 2.28. The van der Waals surface area contributed by atoms with Gasteiger partial charge in [0.15, 0.2) is 6.20 Å². The number of hydrogen-bond donors (Lipinski definition) is 0. The molecule has 0 unspecified atom stereocenters. The summed E-state index contributed by atoms with van der Waals surface area (Å²) in [7, 11) is 1.73. The molecule has 0 aliphatic heterocycles. The van der Waals surface area contributed by atoms with Crippen molar-refractivity contribution < 1.29 is 16.9 Å². The van der Waals surface area contributed by atoms with E-state index in [1.54, 1.807) is 36.7 Å². The summed E-state index contributed by atoms with van der Waals surface area (Å²) in [5.41, 5.74) is 0.634. The number of hydrogen-bond acceptors (Lipinski definition) is 0. The van der Waals surface area contributed by atoms with Crippen LogP contribution in [-0.4, -0.2) is 0 Å². The van der Waals surface area contributed by atoms with Crippen molar-refractivity contribution in [3.63, 3.8) is 0 Å². The number of aromatic nitrogens is 1. The van der Waals surface area contributed by atoms with Crippen molar-refractivity contribution in [2.24, 2.45) is 7.05 Å². The third-order valence-corrected chi connectivity index (χ3v) is 3.21. The molecule has 1 aromatic carbocycles. The molecule has 0 aliphatic carbocycles. The van der Waals surface area contributed by atoms with E-state index in [0.29, 0.717) is 5.56 Å². The Morgan fingerprint density at radius 2 is 1.95 bits per heavy atom. The molecule has 0 atom stereocenters. The first-order chi connectivity index (χ1) is 12.5. The van der Waals surface area contributed by atoms with E-state index in [1.807, 2.05) is 0 Å². The first-order valence-electron chi connectivity index (χ1n) is 10.6. The van der Waals surface area contributed by atoms with Crippen LogP contribution in [0.1, 0.15) is 49.7 Å². The lowest BCUT2D eigenvalue weighted by Crippen LogP contribution is -2.31. The maximum atomic E-state index is 7.80. The fourth-order valence-corrected chi connectivity index (χ4v) is 2.15. The molecule has 100 valence electrons. The van der Waals surface area contributed by atoms with E-state index in [9.17, 15) is 0 Å².